The molecule has 3 N–H and O–H groups in total. The third-order valence-electron chi connectivity index (χ3n) is 4.68. The average molecular weight is 376 g/mol. The molecule has 1 saturated heterocycles. The molecule has 0 aliphatic carbocycles. The number of nitrogens with zero attached hydrogens (tertiary/aromatic N) is 2. The van der Waals surface area contributed by atoms with Crippen molar-refractivity contribution in [1.29, 1.82) is 0 Å². The molecule has 0 unspecified atom stereocenters. The smallest absolute Gasteiger partial charge is 0.242 e. The Kier molecular flexibility index (Phi) is 5.57. The van der Waals surface area contributed by atoms with E-state index in [1.54, 1.807) is 23.1 Å². The summed E-state index contributed by atoms with van der Waals surface area (Å²) in [7, 11) is -1.85. The summed E-state index contributed by atoms with van der Waals surface area (Å²) in [5.41, 5.74) is 5.70. The molecule has 3 rings (SSSR count). The number of rotatable bonds is 5. The van der Waals surface area contributed by atoms with E-state index in [0.717, 1.165) is 23.9 Å². The molecule has 2 aromatic carbocycles. The number of likely N-dealkylation sites (N-methyl/N-ethyl adjacent to an activating group) is 1. The first kappa shape index (κ1) is 18.8. The van der Waals surface area contributed by atoms with Crippen molar-refractivity contribution in [3.05, 3.63) is 42.5 Å². The van der Waals surface area contributed by atoms with Gasteiger partial charge in [-0.05, 0) is 30.0 Å². The van der Waals surface area contributed by atoms with Crippen LogP contribution < -0.4 is 10.5 Å². The Labute approximate surface area is 153 Å². The lowest BCUT2D eigenvalue weighted by Crippen LogP contribution is -2.56. The summed E-state index contributed by atoms with van der Waals surface area (Å²) >= 11 is 0. The fraction of sp³-hybridized carbons (Fsp3) is 0.389. The second-order valence-corrected chi connectivity index (χ2v) is 8.26. The molecule has 0 spiro atoms. The van der Waals surface area contributed by atoms with Gasteiger partial charge in [-0.3, -0.25) is 4.79 Å². The Balaban J connectivity index is 1.78. The predicted octanol–water partition coefficient (Wildman–Crippen LogP) is 0.219. The van der Waals surface area contributed by atoms with Crippen LogP contribution in [0, 0.1) is 0 Å². The van der Waals surface area contributed by atoms with Crippen molar-refractivity contribution in [1.82, 2.24) is 14.5 Å². The first-order valence-corrected chi connectivity index (χ1v) is 10.1. The molecule has 140 valence electrons. The van der Waals surface area contributed by atoms with E-state index in [9.17, 15) is 13.2 Å². The van der Waals surface area contributed by atoms with E-state index >= 15 is 0 Å². The van der Waals surface area contributed by atoms with E-state index in [1.165, 1.54) is 0 Å². The Morgan fingerprint density at radius 3 is 2.42 bits per heavy atom. The van der Waals surface area contributed by atoms with Crippen molar-refractivity contribution in [2.75, 3.05) is 39.8 Å². The van der Waals surface area contributed by atoms with Crippen LogP contribution in [-0.2, 0) is 14.8 Å². The van der Waals surface area contributed by atoms with Crippen LogP contribution in [0.3, 0.4) is 0 Å². The third-order valence-corrected chi connectivity index (χ3v) is 6.15. The molecule has 1 heterocycles. The highest BCUT2D eigenvalue weighted by Crippen LogP contribution is 2.19. The summed E-state index contributed by atoms with van der Waals surface area (Å²) in [6, 6.07) is 11.4. The molecule has 1 aliphatic heterocycles. The molecule has 0 radical (unpaired) electrons. The van der Waals surface area contributed by atoms with Crippen LogP contribution in [-0.4, -0.2) is 69.9 Å². The van der Waals surface area contributed by atoms with E-state index in [2.05, 4.69) is 9.62 Å². The number of piperazine rings is 1. The van der Waals surface area contributed by atoms with Gasteiger partial charge in [-0.15, -0.1) is 0 Å². The van der Waals surface area contributed by atoms with Gasteiger partial charge in [0.15, 0.2) is 0 Å². The average Bonchev–Trinajstić information content (AvgIpc) is 2.65. The lowest BCUT2D eigenvalue weighted by Gasteiger charge is -2.34. The molecule has 8 heteroatoms. The van der Waals surface area contributed by atoms with Crippen molar-refractivity contribution in [3.8, 4) is 0 Å². The number of hydrogen-bond donors (Lipinski definition) is 2. The fourth-order valence-corrected chi connectivity index (χ4v) is 4.27. The number of carbonyl (C=O) groups excluding carboxylic acids is 1. The predicted molar refractivity (Wildman–Crippen MR) is 101 cm³/mol. The maximum absolute atomic E-state index is 12.7. The van der Waals surface area contributed by atoms with Gasteiger partial charge in [-0.1, -0.05) is 30.3 Å². The zero-order valence-electron chi connectivity index (χ0n) is 14.8. The van der Waals surface area contributed by atoms with Gasteiger partial charge in [0.25, 0.3) is 0 Å². The molecule has 2 aromatic rings. The molecule has 1 aliphatic rings. The standard InChI is InChI=1S/C18H24N4O3S/c1-21-8-10-22(11-9-21)18(23)17(13-19)20-26(24,25)16-7-6-14-4-2-3-5-15(14)12-16/h2-7,12,17,20H,8-11,13,19H2,1H3/t17-/m0/s1. The summed E-state index contributed by atoms with van der Waals surface area (Å²) in [5.74, 6) is -0.273. The van der Waals surface area contributed by atoms with E-state index < -0.39 is 16.1 Å². The number of fused-ring (bicyclic) bond motifs is 1. The van der Waals surface area contributed by atoms with Crippen LogP contribution in [0.2, 0.25) is 0 Å². The molecule has 1 fully saturated rings. The summed E-state index contributed by atoms with van der Waals surface area (Å²) in [6.07, 6.45) is 0. The van der Waals surface area contributed by atoms with Gasteiger partial charge in [0.1, 0.15) is 6.04 Å². The monoisotopic (exact) mass is 376 g/mol. The summed E-state index contributed by atoms with van der Waals surface area (Å²) in [6.45, 7) is 2.59. The molecule has 0 aromatic heterocycles. The van der Waals surface area contributed by atoms with Gasteiger partial charge in [-0.2, -0.15) is 4.72 Å². The van der Waals surface area contributed by atoms with Crippen molar-refractivity contribution >= 4 is 26.7 Å². The lowest BCUT2D eigenvalue weighted by molar-refractivity contribution is -0.134. The molecule has 0 saturated carbocycles. The number of benzene rings is 2. The number of sulfonamides is 1. The van der Waals surface area contributed by atoms with Gasteiger partial charge in [0.2, 0.25) is 15.9 Å². The van der Waals surface area contributed by atoms with Crippen LogP contribution in [0.1, 0.15) is 0 Å². The van der Waals surface area contributed by atoms with Crippen LogP contribution in [0.15, 0.2) is 47.4 Å². The van der Waals surface area contributed by atoms with Crippen LogP contribution in [0.4, 0.5) is 0 Å². The minimum absolute atomic E-state index is 0.0853. The van der Waals surface area contributed by atoms with E-state index in [0.29, 0.717) is 13.1 Å². The molecule has 1 atom stereocenters. The molecular weight excluding hydrogens is 352 g/mol. The molecular formula is C18H24N4O3S. The molecule has 1 amide bonds. The quantitative estimate of drug-likeness (QED) is 0.778. The zero-order valence-corrected chi connectivity index (χ0v) is 15.6. The highest BCUT2D eigenvalue weighted by Gasteiger charge is 2.29. The topological polar surface area (TPSA) is 95.7 Å². The van der Waals surface area contributed by atoms with Crippen LogP contribution >= 0.6 is 0 Å². The van der Waals surface area contributed by atoms with Crippen molar-refractivity contribution in [2.45, 2.75) is 10.9 Å². The maximum atomic E-state index is 12.7. The van der Waals surface area contributed by atoms with Crippen molar-refractivity contribution < 1.29 is 13.2 Å². The highest BCUT2D eigenvalue weighted by molar-refractivity contribution is 7.89. The molecule has 26 heavy (non-hydrogen) atoms. The third kappa shape index (κ3) is 4.04. The van der Waals surface area contributed by atoms with Crippen LogP contribution in [0.25, 0.3) is 10.8 Å². The normalized spacial score (nSPS) is 17.4. The first-order chi connectivity index (χ1) is 12.4. The second kappa shape index (κ2) is 7.71. The summed E-state index contributed by atoms with van der Waals surface area (Å²) < 4.78 is 28.0. The van der Waals surface area contributed by atoms with Gasteiger partial charge < -0.3 is 15.5 Å². The number of hydrogen-bond acceptors (Lipinski definition) is 5. The largest absolute Gasteiger partial charge is 0.339 e. The minimum atomic E-state index is -3.85. The summed E-state index contributed by atoms with van der Waals surface area (Å²) in [5, 5.41) is 1.78. The second-order valence-electron chi connectivity index (χ2n) is 6.55. The SMILES string of the molecule is CN1CCN(C(=O)[C@H](CN)NS(=O)(=O)c2ccc3ccccc3c2)CC1. The Bertz CT molecular complexity index is 892. The molecule has 0 bridgehead atoms. The van der Waals surface area contributed by atoms with Crippen molar-refractivity contribution in [3.63, 3.8) is 0 Å². The Morgan fingerprint density at radius 2 is 1.77 bits per heavy atom. The van der Waals surface area contributed by atoms with Gasteiger partial charge in [-0.25, -0.2) is 8.42 Å². The van der Waals surface area contributed by atoms with Crippen LogP contribution in [0.5, 0.6) is 0 Å². The van der Waals surface area contributed by atoms with E-state index in [-0.39, 0.29) is 17.3 Å². The summed E-state index contributed by atoms with van der Waals surface area (Å²) in [4.78, 5) is 16.6. The number of nitrogens with two attached hydrogens (primary N) is 1. The Morgan fingerprint density at radius 1 is 1.12 bits per heavy atom. The maximum Gasteiger partial charge on any atom is 0.242 e. The van der Waals surface area contributed by atoms with E-state index in [4.69, 9.17) is 5.73 Å². The zero-order chi connectivity index (χ0) is 18.7. The first-order valence-electron chi connectivity index (χ1n) is 8.59. The van der Waals surface area contributed by atoms with E-state index in [1.807, 2.05) is 31.3 Å². The van der Waals surface area contributed by atoms with Crippen molar-refractivity contribution in [2.24, 2.45) is 5.73 Å². The fourth-order valence-electron chi connectivity index (χ4n) is 3.04. The Hall–Kier alpha value is -2.00. The number of nitrogens with one attached hydrogen (secondary N) is 1. The minimum Gasteiger partial charge on any atom is -0.339 e. The number of carbonyl (C=O) groups is 1. The van der Waals surface area contributed by atoms with Gasteiger partial charge in [0.05, 0.1) is 4.90 Å². The number of amides is 1. The van der Waals surface area contributed by atoms with Gasteiger partial charge in [0, 0.05) is 32.7 Å². The lowest BCUT2D eigenvalue weighted by atomic mass is 10.1. The highest BCUT2D eigenvalue weighted by atomic mass is 32.2. The molecule has 7 nitrogen and oxygen atoms in total. The van der Waals surface area contributed by atoms with Gasteiger partial charge >= 0.3 is 0 Å².